The van der Waals surface area contributed by atoms with Crippen molar-refractivity contribution in [1.29, 1.82) is 0 Å². The van der Waals surface area contributed by atoms with Gasteiger partial charge in [-0.15, -0.1) is 0 Å². The third-order valence-corrected chi connectivity index (χ3v) is 7.59. The number of pyridine rings is 2. The molecule has 3 aromatic rings. The van der Waals surface area contributed by atoms with E-state index in [1.54, 1.807) is 12.0 Å². The van der Waals surface area contributed by atoms with Gasteiger partial charge in [0, 0.05) is 49.5 Å². The molecule has 1 aliphatic heterocycles. The molecule has 7 nitrogen and oxygen atoms in total. The van der Waals surface area contributed by atoms with Crippen LogP contribution in [0.5, 0.6) is 5.88 Å². The molecule has 1 saturated carbocycles. The topological polar surface area (TPSA) is 67.8 Å². The third kappa shape index (κ3) is 4.28. The van der Waals surface area contributed by atoms with Crippen LogP contribution < -0.4 is 9.64 Å². The van der Waals surface area contributed by atoms with E-state index in [-0.39, 0.29) is 12.0 Å². The van der Waals surface area contributed by atoms with Crippen molar-refractivity contribution in [3.8, 4) is 17.0 Å². The minimum Gasteiger partial charge on any atom is -0.478 e. The number of fused-ring (bicyclic) bond motifs is 4. The lowest BCUT2D eigenvalue weighted by molar-refractivity contribution is -0.125. The van der Waals surface area contributed by atoms with E-state index in [0.717, 1.165) is 71.9 Å². The number of rotatable bonds is 7. The highest BCUT2D eigenvalue weighted by molar-refractivity contribution is 6.12. The van der Waals surface area contributed by atoms with Crippen molar-refractivity contribution in [2.45, 2.75) is 43.6 Å². The van der Waals surface area contributed by atoms with Gasteiger partial charge in [-0.05, 0) is 70.0 Å². The first-order valence-corrected chi connectivity index (χ1v) is 12.4. The SMILES string of the molecule is COC1CCC2(CC1)C(=O)N(C)c1cnc3ccc(-c4ccc(OCCCN(C)C)nc4)cc3c12. The second kappa shape index (κ2) is 9.55. The molecular formula is C28H34N4O3. The molecule has 5 rings (SSSR count). The smallest absolute Gasteiger partial charge is 0.237 e. The largest absolute Gasteiger partial charge is 0.478 e. The summed E-state index contributed by atoms with van der Waals surface area (Å²) in [5.74, 6) is 0.816. The number of carbonyl (C=O) groups excluding carboxylic acids is 1. The first kappa shape index (κ1) is 23.7. The van der Waals surface area contributed by atoms with Crippen LogP contribution in [0.15, 0.2) is 42.7 Å². The maximum Gasteiger partial charge on any atom is 0.237 e. The van der Waals surface area contributed by atoms with Gasteiger partial charge in [-0.2, -0.15) is 0 Å². The molecule has 0 atom stereocenters. The summed E-state index contributed by atoms with van der Waals surface area (Å²) >= 11 is 0. The Hall–Kier alpha value is -3.03. The van der Waals surface area contributed by atoms with E-state index < -0.39 is 5.41 Å². The first-order chi connectivity index (χ1) is 16.9. The van der Waals surface area contributed by atoms with Crippen molar-refractivity contribution in [1.82, 2.24) is 14.9 Å². The van der Waals surface area contributed by atoms with Crippen LogP contribution in [0.3, 0.4) is 0 Å². The zero-order valence-corrected chi connectivity index (χ0v) is 21.1. The van der Waals surface area contributed by atoms with E-state index in [2.05, 4.69) is 36.1 Å². The van der Waals surface area contributed by atoms with E-state index in [1.165, 1.54) is 0 Å². The Bertz CT molecular complexity index is 1220. The number of anilines is 1. The molecule has 184 valence electrons. The monoisotopic (exact) mass is 474 g/mol. The molecule has 0 N–H and O–H groups in total. The van der Waals surface area contributed by atoms with Gasteiger partial charge in [0.05, 0.1) is 35.5 Å². The number of ether oxygens (including phenoxy) is 2. The molecule has 3 heterocycles. The van der Waals surface area contributed by atoms with Gasteiger partial charge < -0.3 is 19.3 Å². The predicted octanol–water partition coefficient (Wildman–Crippen LogP) is 4.43. The minimum atomic E-state index is -0.499. The Morgan fingerprint density at radius 3 is 2.54 bits per heavy atom. The van der Waals surface area contributed by atoms with E-state index >= 15 is 0 Å². The minimum absolute atomic E-state index is 0.180. The summed E-state index contributed by atoms with van der Waals surface area (Å²) in [5.41, 5.74) is 4.54. The summed E-state index contributed by atoms with van der Waals surface area (Å²) in [7, 11) is 7.75. The fourth-order valence-electron chi connectivity index (χ4n) is 5.63. The lowest BCUT2D eigenvalue weighted by Gasteiger charge is -2.36. The number of nitrogens with zero attached hydrogens (tertiary/aromatic N) is 4. The maximum absolute atomic E-state index is 13.5. The van der Waals surface area contributed by atoms with Gasteiger partial charge in [0.15, 0.2) is 0 Å². The summed E-state index contributed by atoms with van der Waals surface area (Å²) in [6.45, 7) is 1.63. The first-order valence-electron chi connectivity index (χ1n) is 12.4. The number of hydrogen-bond donors (Lipinski definition) is 0. The number of hydrogen-bond acceptors (Lipinski definition) is 6. The second-order valence-corrected chi connectivity index (χ2v) is 10.0. The van der Waals surface area contributed by atoms with Crippen molar-refractivity contribution in [3.05, 3.63) is 48.3 Å². The summed E-state index contributed by atoms with van der Waals surface area (Å²) < 4.78 is 11.4. The number of likely N-dealkylation sites (N-methyl/N-ethyl adjacent to an activating group) is 1. The number of carbonyl (C=O) groups is 1. The molecule has 1 spiro atoms. The van der Waals surface area contributed by atoms with Crippen molar-refractivity contribution in [2.75, 3.05) is 46.3 Å². The van der Waals surface area contributed by atoms with E-state index in [1.807, 2.05) is 37.6 Å². The Morgan fingerprint density at radius 2 is 1.86 bits per heavy atom. The Morgan fingerprint density at radius 1 is 1.09 bits per heavy atom. The normalized spacial score (nSPS) is 21.8. The maximum atomic E-state index is 13.5. The molecule has 0 saturated heterocycles. The average Bonchev–Trinajstić information content (AvgIpc) is 3.09. The van der Waals surface area contributed by atoms with Gasteiger partial charge >= 0.3 is 0 Å². The molecule has 1 aromatic carbocycles. The highest BCUT2D eigenvalue weighted by atomic mass is 16.5. The molecule has 0 radical (unpaired) electrons. The van der Waals surface area contributed by atoms with Crippen molar-refractivity contribution < 1.29 is 14.3 Å². The summed E-state index contributed by atoms with van der Waals surface area (Å²) in [4.78, 5) is 26.7. The molecule has 1 aliphatic carbocycles. The fraction of sp³-hybridized carbons (Fsp3) is 0.464. The van der Waals surface area contributed by atoms with Gasteiger partial charge in [0.1, 0.15) is 0 Å². The van der Waals surface area contributed by atoms with Crippen LogP contribution in [0.4, 0.5) is 5.69 Å². The van der Waals surface area contributed by atoms with Gasteiger partial charge in [-0.1, -0.05) is 6.07 Å². The Kier molecular flexibility index (Phi) is 6.47. The molecule has 0 bridgehead atoms. The van der Waals surface area contributed by atoms with Crippen LogP contribution in [-0.4, -0.2) is 68.3 Å². The van der Waals surface area contributed by atoms with Crippen LogP contribution in [-0.2, 0) is 14.9 Å². The number of aromatic nitrogens is 2. The molecule has 2 aromatic heterocycles. The van der Waals surface area contributed by atoms with E-state index in [4.69, 9.17) is 14.5 Å². The molecule has 0 unspecified atom stereocenters. The predicted molar refractivity (Wildman–Crippen MR) is 138 cm³/mol. The molecule has 1 fully saturated rings. The summed E-state index contributed by atoms with van der Waals surface area (Å²) in [6, 6.07) is 10.3. The lowest BCUT2D eigenvalue weighted by Crippen LogP contribution is -2.42. The number of methoxy groups -OCH3 is 1. The molecule has 35 heavy (non-hydrogen) atoms. The number of amides is 1. The van der Waals surface area contributed by atoms with Gasteiger partial charge in [0.2, 0.25) is 11.8 Å². The van der Waals surface area contributed by atoms with Crippen LogP contribution in [0.2, 0.25) is 0 Å². The average molecular weight is 475 g/mol. The highest BCUT2D eigenvalue weighted by Crippen LogP contribution is 2.52. The van der Waals surface area contributed by atoms with Crippen LogP contribution in [0.1, 0.15) is 37.7 Å². The fourth-order valence-corrected chi connectivity index (χ4v) is 5.63. The highest BCUT2D eigenvalue weighted by Gasteiger charge is 2.52. The Labute approximate surface area is 207 Å². The van der Waals surface area contributed by atoms with Crippen molar-refractivity contribution in [3.63, 3.8) is 0 Å². The van der Waals surface area contributed by atoms with Crippen LogP contribution >= 0.6 is 0 Å². The van der Waals surface area contributed by atoms with Gasteiger partial charge in [0.25, 0.3) is 0 Å². The van der Waals surface area contributed by atoms with E-state index in [0.29, 0.717) is 12.5 Å². The quantitative estimate of drug-likeness (QED) is 0.472. The third-order valence-electron chi connectivity index (χ3n) is 7.59. The molecule has 2 aliphatic rings. The Balaban J connectivity index is 1.47. The number of benzene rings is 1. The summed E-state index contributed by atoms with van der Waals surface area (Å²) in [5, 5.41) is 1.05. The summed E-state index contributed by atoms with van der Waals surface area (Å²) in [6.07, 6.45) is 8.27. The lowest BCUT2D eigenvalue weighted by atomic mass is 9.68. The molecule has 7 heteroatoms. The van der Waals surface area contributed by atoms with Crippen LogP contribution in [0, 0.1) is 0 Å². The van der Waals surface area contributed by atoms with E-state index in [9.17, 15) is 4.79 Å². The zero-order chi connectivity index (χ0) is 24.6. The zero-order valence-electron chi connectivity index (χ0n) is 21.1. The van der Waals surface area contributed by atoms with Gasteiger partial charge in [-0.3, -0.25) is 9.78 Å². The molecular weight excluding hydrogens is 440 g/mol. The van der Waals surface area contributed by atoms with Crippen molar-refractivity contribution >= 4 is 22.5 Å². The molecule has 1 amide bonds. The second-order valence-electron chi connectivity index (χ2n) is 10.0. The van der Waals surface area contributed by atoms with Gasteiger partial charge in [-0.25, -0.2) is 4.98 Å². The standard InChI is InChI=1S/C28H34N4O3/c1-31(2)14-5-15-35-25-9-7-20(17-30-25)19-6-8-23-22(16-19)26-24(18-29-23)32(3)27(33)28(26)12-10-21(34-4)11-13-28/h6-9,16-18,21H,5,10-15H2,1-4H3. The van der Waals surface area contributed by atoms with Crippen molar-refractivity contribution in [2.24, 2.45) is 0 Å². The van der Waals surface area contributed by atoms with Crippen LogP contribution in [0.25, 0.3) is 22.0 Å².